The lowest BCUT2D eigenvalue weighted by molar-refractivity contribution is 0.103. The molecular formula is C21H18N2O3S2. The second kappa shape index (κ2) is 7.69. The van der Waals surface area contributed by atoms with Crippen LogP contribution < -0.4 is 10.1 Å². The Balaban J connectivity index is 1.58. The smallest absolute Gasteiger partial charge is 0.286 e. The first kappa shape index (κ1) is 18.6. The van der Waals surface area contributed by atoms with Gasteiger partial charge in [0.05, 0.1) is 10.6 Å². The van der Waals surface area contributed by atoms with Gasteiger partial charge in [-0.2, -0.15) is 0 Å². The summed E-state index contributed by atoms with van der Waals surface area (Å²) in [6.07, 6.45) is 0. The van der Waals surface area contributed by atoms with Crippen molar-refractivity contribution in [2.45, 2.75) is 11.5 Å². The van der Waals surface area contributed by atoms with Gasteiger partial charge in [-0.05, 0) is 42.1 Å². The molecule has 2 aromatic carbocycles. The van der Waals surface area contributed by atoms with E-state index in [0.29, 0.717) is 22.1 Å². The first-order valence-corrected chi connectivity index (χ1v) is 10.3. The van der Waals surface area contributed by atoms with Crippen LogP contribution in [0.2, 0.25) is 0 Å². The molecule has 1 aliphatic heterocycles. The van der Waals surface area contributed by atoms with Crippen LogP contribution >= 0.6 is 23.1 Å². The van der Waals surface area contributed by atoms with E-state index in [1.165, 1.54) is 16.2 Å². The minimum absolute atomic E-state index is 0.0953. The lowest BCUT2D eigenvalue weighted by Crippen LogP contribution is -2.17. The third kappa shape index (κ3) is 3.63. The molecule has 0 unspecified atom stereocenters. The maximum atomic E-state index is 12.9. The first-order chi connectivity index (χ1) is 13.5. The molecule has 7 heteroatoms. The number of carbonyl (C=O) groups excluding carboxylic acids is 2. The number of hydrogen-bond donors (Lipinski definition) is 1. The molecule has 142 valence electrons. The highest BCUT2D eigenvalue weighted by Gasteiger charge is 2.23. The summed E-state index contributed by atoms with van der Waals surface area (Å²) < 4.78 is 5.78. The Morgan fingerprint density at radius 3 is 2.68 bits per heavy atom. The van der Waals surface area contributed by atoms with Gasteiger partial charge in [-0.1, -0.05) is 24.3 Å². The van der Waals surface area contributed by atoms with Gasteiger partial charge in [-0.25, -0.2) is 0 Å². The molecule has 5 nitrogen and oxygen atoms in total. The number of para-hydroxylation sites is 2. The van der Waals surface area contributed by atoms with Gasteiger partial charge in [-0.15, -0.1) is 11.3 Å². The van der Waals surface area contributed by atoms with Gasteiger partial charge in [-0.3, -0.25) is 9.59 Å². The van der Waals surface area contributed by atoms with Gasteiger partial charge in [0.25, 0.3) is 11.1 Å². The number of thioether (sulfide) groups is 1. The molecule has 0 saturated heterocycles. The zero-order valence-electron chi connectivity index (χ0n) is 15.4. The van der Waals surface area contributed by atoms with Crippen LogP contribution in [0.5, 0.6) is 5.75 Å². The van der Waals surface area contributed by atoms with Crippen molar-refractivity contribution < 1.29 is 14.3 Å². The zero-order valence-corrected chi connectivity index (χ0v) is 17.0. The topological polar surface area (TPSA) is 58.6 Å². The highest BCUT2D eigenvalue weighted by molar-refractivity contribution is 8.13. The van der Waals surface area contributed by atoms with Gasteiger partial charge < -0.3 is 15.0 Å². The van der Waals surface area contributed by atoms with Gasteiger partial charge in [0.1, 0.15) is 12.4 Å². The van der Waals surface area contributed by atoms with Crippen molar-refractivity contribution >= 4 is 39.9 Å². The molecule has 0 radical (unpaired) electrons. The van der Waals surface area contributed by atoms with Crippen LogP contribution in [-0.2, 0) is 6.61 Å². The molecule has 3 aromatic rings. The van der Waals surface area contributed by atoms with Crippen molar-refractivity contribution in [3.8, 4) is 16.2 Å². The highest BCUT2D eigenvalue weighted by atomic mass is 32.2. The van der Waals surface area contributed by atoms with E-state index in [-0.39, 0.29) is 11.1 Å². The van der Waals surface area contributed by atoms with Gasteiger partial charge in [0, 0.05) is 35.0 Å². The van der Waals surface area contributed by atoms with Crippen LogP contribution in [0.1, 0.15) is 15.2 Å². The van der Waals surface area contributed by atoms with E-state index in [0.717, 1.165) is 33.5 Å². The van der Waals surface area contributed by atoms with Gasteiger partial charge in [0.15, 0.2) is 0 Å². The normalized spacial score (nSPS) is 11.8. The van der Waals surface area contributed by atoms with E-state index in [9.17, 15) is 9.59 Å². The Kier molecular flexibility index (Phi) is 5.11. The first-order valence-electron chi connectivity index (χ1n) is 8.67. The summed E-state index contributed by atoms with van der Waals surface area (Å²) in [5.74, 6) is 0.648. The molecule has 4 rings (SSSR count). The minimum Gasteiger partial charge on any atom is -0.488 e. The predicted octanol–water partition coefficient (Wildman–Crippen LogP) is 5.33. The summed E-state index contributed by atoms with van der Waals surface area (Å²) in [4.78, 5) is 28.8. The van der Waals surface area contributed by atoms with E-state index >= 15 is 0 Å². The molecule has 0 fully saturated rings. The average molecular weight is 411 g/mol. The SMILES string of the molecule is CN(C)C(=O)Sc1ccccc1NC(=O)c1cc2c(s1)-c1ccccc1OC2. The van der Waals surface area contributed by atoms with E-state index < -0.39 is 0 Å². The third-order valence-corrected chi connectivity index (χ3v) is 6.57. The van der Waals surface area contributed by atoms with Crippen LogP contribution in [0.4, 0.5) is 10.5 Å². The monoisotopic (exact) mass is 410 g/mol. The molecule has 0 atom stereocenters. The molecule has 1 aromatic heterocycles. The Labute approximate surface area is 171 Å². The third-order valence-electron chi connectivity index (χ3n) is 4.25. The maximum Gasteiger partial charge on any atom is 0.286 e. The number of hydrogen-bond acceptors (Lipinski definition) is 5. The number of benzene rings is 2. The van der Waals surface area contributed by atoms with Crippen molar-refractivity contribution in [3.05, 3.63) is 65.0 Å². The standard InChI is InChI=1S/C21H18N2O3S2/c1-23(2)21(25)28-17-10-6-4-8-15(17)22-20(24)18-11-13-12-26-16-9-5-3-7-14(16)19(13)27-18/h3-11H,12H2,1-2H3,(H,22,24). The number of rotatable bonds is 3. The Hall–Kier alpha value is -2.77. The molecule has 1 aliphatic rings. The van der Waals surface area contributed by atoms with Gasteiger partial charge in [0.2, 0.25) is 0 Å². The quantitative estimate of drug-likeness (QED) is 0.593. The number of carbonyl (C=O) groups is 2. The summed E-state index contributed by atoms with van der Waals surface area (Å²) in [6, 6.07) is 17.0. The largest absolute Gasteiger partial charge is 0.488 e. The van der Waals surface area contributed by atoms with E-state index in [1.54, 1.807) is 20.2 Å². The lowest BCUT2D eigenvalue weighted by atomic mass is 10.1. The number of nitrogens with zero attached hydrogens (tertiary/aromatic N) is 1. The summed E-state index contributed by atoms with van der Waals surface area (Å²) in [7, 11) is 3.40. The molecule has 0 saturated carbocycles. The Morgan fingerprint density at radius 2 is 1.86 bits per heavy atom. The maximum absolute atomic E-state index is 12.9. The number of amides is 2. The van der Waals surface area contributed by atoms with Crippen LogP contribution in [0, 0.1) is 0 Å². The van der Waals surface area contributed by atoms with E-state index in [1.807, 2.05) is 48.5 Å². The molecule has 0 spiro atoms. The molecule has 1 N–H and O–H groups in total. The fraction of sp³-hybridized carbons (Fsp3) is 0.143. The number of nitrogens with one attached hydrogen (secondary N) is 1. The summed E-state index contributed by atoms with van der Waals surface area (Å²) >= 11 is 2.55. The second-order valence-corrected chi connectivity index (χ2v) is 8.51. The molecule has 2 heterocycles. The van der Waals surface area contributed by atoms with Crippen LogP contribution in [-0.4, -0.2) is 30.1 Å². The second-order valence-electron chi connectivity index (χ2n) is 6.46. The molecule has 0 bridgehead atoms. The van der Waals surface area contributed by atoms with Crippen molar-refractivity contribution in [2.24, 2.45) is 0 Å². The lowest BCUT2D eigenvalue weighted by Gasteiger charge is -2.16. The summed E-state index contributed by atoms with van der Waals surface area (Å²) in [5, 5.41) is 2.85. The fourth-order valence-corrected chi connectivity index (χ4v) is 4.68. The molecular weight excluding hydrogens is 392 g/mol. The minimum atomic E-state index is -0.192. The van der Waals surface area contributed by atoms with Crippen LogP contribution in [0.15, 0.2) is 59.5 Å². The van der Waals surface area contributed by atoms with Crippen LogP contribution in [0.3, 0.4) is 0 Å². The van der Waals surface area contributed by atoms with Crippen molar-refractivity contribution in [1.29, 1.82) is 0 Å². The number of anilines is 1. The molecule has 2 amide bonds. The number of fused-ring (bicyclic) bond motifs is 3. The van der Waals surface area contributed by atoms with E-state index in [4.69, 9.17) is 4.74 Å². The Morgan fingerprint density at radius 1 is 1.11 bits per heavy atom. The number of thiophene rings is 1. The van der Waals surface area contributed by atoms with Crippen LogP contribution in [0.25, 0.3) is 10.4 Å². The Bertz CT molecular complexity index is 1060. The highest BCUT2D eigenvalue weighted by Crippen LogP contribution is 2.42. The molecule has 28 heavy (non-hydrogen) atoms. The summed E-state index contributed by atoms with van der Waals surface area (Å²) in [6.45, 7) is 0.458. The predicted molar refractivity (Wildman–Crippen MR) is 113 cm³/mol. The summed E-state index contributed by atoms with van der Waals surface area (Å²) in [5.41, 5.74) is 2.65. The fourth-order valence-electron chi connectivity index (χ4n) is 2.84. The van der Waals surface area contributed by atoms with E-state index in [2.05, 4.69) is 5.32 Å². The van der Waals surface area contributed by atoms with Crippen molar-refractivity contribution in [2.75, 3.05) is 19.4 Å². The molecule has 0 aliphatic carbocycles. The van der Waals surface area contributed by atoms with Crippen molar-refractivity contribution in [3.63, 3.8) is 0 Å². The zero-order chi connectivity index (χ0) is 19.7. The average Bonchev–Trinajstić information content (AvgIpc) is 3.14. The van der Waals surface area contributed by atoms with Crippen molar-refractivity contribution in [1.82, 2.24) is 4.90 Å². The van der Waals surface area contributed by atoms with Gasteiger partial charge >= 0.3 is 0 Å². The number of ether oxygens (including phenoxy) is 1.